The van der Waals surface area contributed by atoms with Gasteiger partial charge in [-0.2, -0.15) is 0 Å². The minimum Gasteiger partial charge on any atom is -0.129 e. The summed E-state index contributed by atoms with van der Waals surface area (Å²) in [6.45, 7) is 16.4. The van der Waals surface area contributed by atoms with Crippen molar-refractivity contribution in [2.24, 2.45) is 11.8 Å². The first-order valence-corrected chi connectivity index (χ1v) is 7.45. The molecule has 0 amide bonds. The molecule has 0 heteroatoms. The van der Waals surface area contributed by atoms with Crippen molar-refractivity contribution in [2.45, 2.75) is 59.8 Å². The van der Waals surface area contributed by atoms with Crippen molar-refractivity contribution in [3.63, 3.8) is 0 Å². The minimum atomic E-state index is 0.508. The lowest BCUT2D eigenvalue weighted by atomic mass is 9.85. The van der Waals surface area contributed by atoms with Gasteiger partial charge in [0.25, 0.3) is 0 Å². The standard InChI is InChI=1S/C19H30/c1-7-11-16(5)14-17(6)19(10-4)15-18(12-8-2)13-9-3/h7-8,17-18H,2,4,9,12-15H2,1,3,5-6H3. The number of allylic oxidation sites excluding steroid dienone is 3. The van der Waals surface area contributed by atoms with Crippen LogP contribution in [0.25, 0.3) is 0 Å². The molecule has 0 nitrogen and oxygen atoms in total. The van der Waals surface area contributed by atoms with E-state index < -0.39 is 0 Å². The van der Waals surface area contributed by atoms with Gasteiger partial charge in [-0.15, -0.1) is 18.0 Å². The van der Waals surface area contributed by atoms with E-state index in [1.807, 2.05) is 19.1 Å². The molecule has 0 spiro atoms. The molecule has 0 aromatic rings. The maximum atomic E-state index is 3.88. The van der Waals surface area contributed by atoms with E-state index in [0.717, 1.165) is 19.3 Å². The number of hydrogen-bond acceptors (Lipinski definition) is 0. The van der Waals surface area contributed by atoms with Crippen molar-refractivity contribution in [3.8, 4) is 0 Å². The van der Waals surface area contributed by atoms with Gasteiger partial charge < -0.3 is 0 Å². The molecule has 0 saturated carbocycles. The second-order valence-electron chi connectivity index (χ2n) is 5.40. The topological polar surface area (TPSA) is 0 Å². The van der Waals surface area contributed by atoms with Crippen LogP contribution in [0.5, 0.6) is 0 Å². The molecule has 0 fully saturated rings. The molecule has 0 aromatic carbocycles. The van der Waals surface area contributed by atoms with E-state index in [9.17, 15) is 0 Å². The average molecular weight is 258 g/mol. The van der Waals surface area contributed by atoms with Crippen LogP contribution in [0, 0.1) is 11.8 Å². The normalized spacial score (nSPS) is 12.8. The Morgan fingerprint density at radius 2 is 2.00 bits per heavy atom. The highest BCUT2D eigenvalue weighted by atomic mass is 14.2. The maximum Gasteiger partial charge on any atom is -0.0112 e. The summed E-state index contributed by atoms with van der Waals surface area (Å²) in [5, 5.41) is 0. The summed E-state index contributed by atoms with van der Waals surface area (Å²) in [5.41, 5.74) is 9.11. The average Bonchev–Trinajstić information content (AvgIpc) is 2.36. The monoisotopic (exact) mass is 258 g/mol. The summed E-state index contributed by atoms with van der Waals surface area (Å²) in [6.07, 6.45) is 9.76. The summed E-state index contributed by atoms with van der Waals surface area (Å²) in [6, 6.07) is 0. The van der Waals surface area contributed by atoms with Gasteiger partial charge in [0.1, 0.15) is 0 Å². The van der Waals surface area contributed by atoms with Crippen LogP contribution in [0.4, 0.5) is 0 Å². The van der Waals surface area contributed by atoms with E-state index in [-0.39, 0.29) is 0 Å². The van der Waals surface area contributed by atoms with Crippen molar-refractivity contribution < 1.29 is 0 Å². The Morgan fingerprint density at radius 3 is 2.47 bits per heavy atom. The molecule has 0 bridgehead atoms. The molecule has 0 aliphatic rings. The van der Waals surface area contributed by atoms with Crippen LogP contribution in [0.2, 0.25) is 0 Å². The first kappa shape index (κ1) is 17.8. The fourth-order valence-corrected chi connectivity index (χ4v) is 2.59. The van der Waals surface area contributed by atoms with Gasteiger partial charge in [-0.25, -0.2) is 0 Å². The third-order valence-corrected chi connectivity index (χ3v) is 3.53. The molecular formula is C19H30. The third kappa shape index (κ3) is 7.73. The van der Waals surface area contributed by atoms with Crippen molar-refractivity contribution >= 4 is 0 Å². The number of rotatable bonds is 9. The molecule has 106 valence electrons. The quantitative estimate of drug-likeness (QED) is 0.340. The highest BCUT2D eigenvalue weighted by Gasteiger charge is 2.14. The Morgan fingerprint density at radius 1 is 1.32 bits per heavy atom. The lowest BCUT2D eigenvalue weighted by Crippen LogP contribution is -2.07. The van der Waals surface area contributed by atoms with Crippen molar-refractivity contribution in [2.75, 3.05) is 0 Å². The fraction of sp³-hybridized carbons (Fsp3) is 0.579. The highest BCUT2D eigenvalue weighted by molar-refractivity contribution is 5.10. The lowest BCUT2D eigenvalue weighted by molar-refractivity contribution is 0.457. The van der Waals surface area contributed by atoms with Gasteiger partial charge in [-0.05, 0) is 62.2 Å². The Kier molecular flexibility index (Phi) is 9.99. The molecule has 2 atom stereocenters. The Hall–Kier alpha value is -1.22. The van der Waals surface area contributed by atoms with Crippen LogP contribution in [-0.2, 0) is 0 Å². The van der Waals surface area contributed by atoms with E-state index in [1.54, 1.807) is 0 Å². The molecule has 19 heavy (non-hydrogen) atoms. The minimum absolute atomic E-state index is 0.508. The van der Waals surface area contributed by atoms with Gasteiger partial charge in [0.05, 0.1) is 0 Å². The lowest BCUT2D eigenvalue weighted by Gasteiger charge is -2.20. The molecule has 0 aromatic heterocycles. The zero-order valence-corrected chi connectivity index (χ0v) is 13.3. The van der Waals surface area contributed by atoms with Gasteiger partial charge in [0.15, 0.2) is 0 Å². The second-order valence-corrected chi connectivity index (χ2v) is 5.40. The first-order chi connectivity index (χ1) is 9.08. The van der Waals surface area contributed by atoms with Gasteiger partial charge in [0.2, 0.25) is 0 Å². The van der Waals surface area contributed by atoms with Crippen molar-refractivity contribution in [1.82, 2.24) is 0 Å². The number of hydrogen-bond donors (Lipinski definition) is 0. The van der Waals surface area contributed by atoms with Gasteiger partial charge in [-0.1, -0.05) is 39.3 Å². The van der Waals surface area contributed by atoms with Crippen LogP contribution in [-0.4, -0.2) is 0 Å². The van der Waals surface area contributed by atoms with Gasteiger partial charge >= 0.3 is 0 Å². The smallest absolute Gasteiger partial charge is 0.0112 e. The van der Waals surface area contributed by atoms with Gasteiger partial charge in [0, 0.05) is 0 Å². The fourth-order valence-electron chi connectivity index (χ4n) is 2.59. The Labute approximate surface area is 120 Å². The van der Waals surface area contributed by atoms with Crippen LogP contribution in [0.15, 0.2) is 47.9 Å². The molecule has 0 N–H and O–H groups in total. The molecule has 0 saturated heterocycles. The SMILES string of the molecule is C=C=C(CC(CC=C)CCC)C(C)CC(C)=C=CC. The first-order valence-electron chi connectivity index (χ1n) is 7.45. The summed E-state index contributed by atoms with van der Waals surface area (Å²) in [5.74, 6) is 1.20. The Balaban J connectivity index is 4.68. The van der Waals surface area contributed by atoms with E-state index in [1.165, 1.54) is 24.0 Å². The largest absolute Gasteiger partial charge is 0.129 e. The summed E-state index contributed by atoms with van der Waals surface area (Å²) in [7, 11) is 0. The van der Waals surface area contributed by atoms with E-state index >= 15 is 0 Å². The second kappa shape index (κ2) is 10.7. The molecule has 0 aliphatic carbocycles. The predicted octanol–water partition coefficient (Wildman–Crippen LogP) is 6.23. The predicted molar refractivity (Wildman–Crippen MR) is 87.2 cm³/mol. The molecule has 0 heterocycles. The van der Waals surface area contributed by atoms with Gasteiger partial charge in [-0.3, -0.25) is 0 Å². The zero-order chi connectivity index (χ0) is 14.7. The zero-order valence-electron chi connectivity index (χ0n) is 13.3. The van der Waals surface area contributed by atoms with Crippen molar-refractivity contribution in [1.29, 1.82) is 0 Å². The van der Waals surface area contributed by atoms with Crippen molar-refractivity contribution in [3.05, 3.63) is 47.9 Å². The molecule has 0 rings (SSSR count). The van der Waals surface area contributed by atoms with Crippen LogP contribution < -0.4 is 0 Å². The van der Waals surface area contributed by atoms with E-state index in [4.69, 9.17) is 0 Å². The van der Waals surface area contributed by atoms with Crippen LogP contribution >= 0.6 is 0 Å². The third-order valence-electron chi connectivity index (χ3n) is 3.53. The van der Waals surface area contributed by atoms with E-state index in [0.29, 0.717) is 11.8 Å². The van der Waals surface area contributed by atoms with E-state index in [2.05, 4.69) is 45.4 Å². The molecule has 0 aliphatic heterocycles. The summed E-state index contributed by atoms with van der Waals surface area (Å²) in [4.78, 5) is 0. The van der Waals surface area contributed by atoms with Crippen LogP contribution in [0.3, 0.4) is 0 Å². The summed E-state index contributed by atoms with van der Waals surface area (Å²) < 4.78 is 0. The molecule has 2 unspecified atom stereocenters. The molecular weight excluding hydrogens is 228 g/mol. The maximum absolute atomic E-state index is 3.88. The summed E-state index contributed by atoms with van der Waals surface area (Å²) >= 11 is 0. The highest BCUT2D eigenvalue weighted by Crippen LogP contribution is 2.28. The van der Waals surface area contributed by atoms with Crippen LogP contribution in [0.1, 0.15) is 59.8 Å². The Bertz CT molecular complexity index is 371. The molecule has 0 radical (unpaired) electrons.